The van der Waals surface area contributed by atoms with Gasteiger partial charge >= 0.3 is 0 Å². The van der Waals surface area contributed by atoms with Crippen molar-refractivity contribution in [2.45, 2.75) is 0 Å². The summed E-state index contributed by atoms with van der Waals surface area (Å²) < 4.78 is 0. The van der Waals surface area contributed by atoms with Gasteiger partial charge in [-0.1, -0.05) is 0 Å². The van der Waals surface area contributed by atoms with Crippen molar-refractivity contribution in [3.05, 3.63) is 0 Å². The molecule has 0 saturated heterocycles. The highest BCUT2D eigenvalue weighted by atomic mass is 79.9. The van der Waals surface area contributed by atoms with Gasteiger partial charge in [0.1, 0.15) is 0 Å². The third-order valence-electron chi connectivity index (χ3n) is 0.0472. The molecule has 0 atom stereocenters. The van der Waals surface area contributed by atoms with Crippen LogP contribution in [0.3, 0.4) is 0 Å². The van der Waals surface area contributed by atoms with E-state index in [-0.39, 0.29) is 0 Å². The number of nitrogens with one attached hydrogen (secondary N) is 1. The molecule has 4 heavy (non-hydrogen) atoms. The first kappa shape index (κ1) is 3.84. The van der Waals surface area contributed by atoms with Crippen molar-refractivity contribution < 1.29 is 0 Å². The molecule has 0 spiro atoms. The molecule has 0 unspecified atom stereocenters. The van der Waals surface area contributed by atoms with Gasteiger partial charge in [0.25, 0.3) is 0 Å². The Kier molecular flexibility index (Phi) is 2.73. The molecule has 0 aliphatic heterocycles. The minimum absolute atomic E-state index is 1.85. The van der Waals surface area contributed by atoms with Gasteiger partial charge < -0.3 is 0 Å². The van der Waals surface area contributed by atoms with Crippen LogP contribution in [0.2, 0.25) is 0 Å². The molecule has 0 amide bonds. The zero-order chi connectivity index (χ0) is 3.41. The maximum absolute atomic E-state index is 6.04. The lowest BCUT2D eigenvalue weighted by atomic mass is 11.2. The van der Waals surface area contributed by atoms with E-state index < -0.39 is 0 Å². The minimum Gasteiger partial charge on any atom is -0.251 e. The second-order valence-corrected chi connectivity index (χ2v) is 0.616. The average Bonchev–Trinajstić information content (AvgIpc) is 1.37. The maximum atomic E-state index is 6.04. The van der Waals surface area contributed by atoms with Crippen molar-refractivity contribution in [2.75, 3.05) is 0 Å². The normalized spacial score (nSPS) is 3.25. The molecule has 2 heteroatoms. The van der Waals surface area contributed by atoms with Crippen molar-refractivity contribution in [2.24, 2.45) is 0 Å². The highest BCUT2D eigenvalue weighted by Gasteiger charge is 1.31. The van der Waals surface area contributed by atoms with Gasteiger partial charge in [-0.25, -0.2) is 0 Å². The molecule has 1 nitrogen and oxygen atoms in total. The molecule has 1 radical (unpaired) electrons. The summed E-state index contributed by atoms with van der Waals surface area (Å²) in [5, 5.41) is 0. The fraction of sp³-hybridized carbons (Fsp3) is 0. The Bertz CT molecular complexity index is 42.8. The molecule has 0 fully saturated rings. The van der Waals surface area contributed by atoms with E-state index in [0.717, 1.165) is 0 Å². The zero-order valence-electron chi connectivity index (χ0n) is 1.88. The zero-order valence-corrected chi connectivity index (χ0v) is 3.46. The topological polar surface area (TPSA) is 23.8 Å². The van der Waals surface area contributed by atoms with E-state index in [9.17, 15) is 0 Å². The first-order valence-electron chi connectivity index (χ1n) is 0.689. The van der Waals surface area contributed by atoms with Crippen LogP contribution in [-0.2, 0) is 0 Å². The van der Waals surface area contributed by atoms with Crippen molar-refractivity contribution >= 4 is 15.9 Å². The van der Waals surface area contributed by atoms with Crippen LogP contribution in [0.15, 0.2) is 0 Å². The van der Waals surface area contributed by atoms with Crippen LogP contribution >= 0.6 is 15.9 Å². The van der Waals surface area contributed by atoms with Crippen LogP contribution in [0.1, 0.15) is 0 Å². The summed E-state index contributed by atoms with van der Waals surface area (Å²) in [4.78, 5) is 2.16. The molecule has 0 rings (SSSR count). The fourth-order valence-electron chi connectivity index (χ4n) is 0. The van der Waals surface area contributed by atoms with E-state index >= 15 is 0 Å². The Balaban J connectivity index is 2.83. The van der Waals surface area contributed by atoms with Crippen LogP contribution in [0, 0.1) is 10.9 Å². The lowest BCUT2D eigenvalue weighted by Gasteiger charge is -1.37. The van der Waals surface area contributed by atoms with Gasteiger partial charge in [-0.15, -0.1) is 0 Å². The summed E-state index contributed by atoms with van der Waals surface area (Å²) in [6, 6.07) is 1.85. The summed E-state index contributed by atoms with van der Waals surface area (Å²) >= 11 is 2.70. The van der Waals surface area contributed by atoms with E-state index in [4.69, 9.17) is 5.73 Å². The third-order valence-corrected chi connectivity index (χ3v) is 0.245. The standard InChI is InChI=1S/C2HBrN/c3-1-2-4/h4H. The van der Waals surface area contributed by atoms with Crippen molar-refractivity contribution in [3.63, 3.8) is 0 Å². The Morgan fingerprint density at radius 3 is 2.00 bits per heavy atom. The summed E-state index contributed by atoms with van der Waals surface area (Å²) in [7, 11) is 0. The highest BCUT2D eigenvalue weighted by Crippen LogP contribution is 1.61. The largest absolute Gasteiger partial charge is 0.251 e. The first-order chi connectivity index (χ1) is 1.91. The van der Waals surface area contributed by atoms with Gasteiger partial charge in [-0.3, -0.25) is 5.73 Å². The summed E-state index contributed by atoms with van der Waals surface area (Å²) in [5.74, 6) is 0. The fourth-order valence-corrected chi connectivity index (χ4v) is 0. The van der Waals surface area contributed by atoms with Crippen LogP contribution < -0.4 is 5.73 Å². The average molecular weight is 119 g/mol. The SMILES string of the molecule is [NH]C#CBr. The third kappa shape index (κ3) is 1.84. The molecule has 1 N–H and O–H groups in total. The summed E-state index contributed by atoms with van der Waals surface area (Å²) in [6.45, 7) is 0. The van der Waals surface area contributed by atoms with Gasteiger partial charge in [0.15, 0.2) is 0 Å². The summed E-state index contributed by atoms with van der Waals surface area (Å²) in [6.07, 6.45) is 0. The van der Waals surface area contributed by atoms with Crippen molar-refractivity contribution in [1.29, 1.82) is 0 Å². The van der Waals surface area contributed by atoms with Crippen LogP contribution in [0.25, 0.3) is 0 Å². The van der Waals surface area contributed by atoms with Crippen molar-refractivity contribution in [3.8, 4) is 10.9 Å². The highest BCUT2D eigenvalue weighted by molar-refractivity contribution is 9.12. The van der Waals surface area contributed by atoms with Gasteiger partial charge in [0, 0.05) is 26.8 Å². The molecule has 0 aliphatic carbocycles. The molecule has 0 heterocycles. The van der Waals surface area contributed by atoms with E-state index in [1.807, 2.05) is 6.04 Å². The molecule has 0 aromatic carbocycles. The summed E-state index contributed by atoms with van der Waals surface area (Å²) in [5.41, 5.74) is 6.04. The van der Waals surface area contributed by atoms with Crippen LogP contribution in [0.4, 0.5) is 0 Å². The lowest BCUT2D eigenvalue weighted by molar-refractivity contribution is 1.65. The van der Waals surface area contributed by atoms with Crippen molar-refractivity contribution in [1.82, 2.24) is 5.73 Å². The number of rotatable bonds is 0. The predicted molar refractivity (Wildman–Crippen MR) is 19.8 cm³/mol. The molecule has 0 saturated carbocycles. The van der Waals surface area contributed by atoms with E-state index in [1.165, 1.54) is 0 Å². The Morgan fingerprint density at radius 1 is 1.75 bits per heavy atom. The number of halogens is 1. The second-order valence-electron chi connectivity index (χ2n) is 0.219. The smallest absolute Gasteiger partial charge is 0.0382 e. The van der Waals surface area contributed by atoms with E-state index in [1.54, 1.807) is 0 Å². The molecule has 0 aromatic heterocycles. The van der Waals surface area contributed by atoms with E-state index in [2.05, 4.69) is 20.8 Å². The van der Waals surface area contributed by atoms with Gasteiger partial charge in [0.05, 0.1) is 0 Å². The van der Waals surface area contributed by atoms with E-state index in [0.29, 0.717) is 0 Å². The molecular formula is C2HBrN. The van der Waals surface area contributed by atoms with Gasteiger partial charge in [-0.2, -0.15) is 0 Å². The molecular weight excluding hydrogens is 118 g/mol. The lowest BCUT2D eigenvalue weighted by Crippen LogP contribution is -1.41. The molecule has 0 aliphatic rings. The Labute approximate surface area is 33.3 Å². The maximum Gasteiger partial charge on any atom is 0.0382 e. The number of hydrogen-bond donors (Lipinski definition) is 0. The second kappa shape index (κ2) is 2.84. The Morgan fingerprint density at radius 2 is 2.00 bits per heavy atom. The van der Waals surface area contributed by atoms with Gasteiger partial charge in [-0.05, 0) is 0 Å². The Hall–Kier alpha value is -0.160. The van der Waals surface area contributed by atoms with Crippen LogP contribution in [0.5, 0.6) is 0 Å². The van der Waals surface area contributed by atoms with Gasteiger partial charge in [0.2, 0.25) is 0 Å². The quantitative estimate of drug-likeness (QED) is 0.416. The number of hydrogen-bond acceptors (Lipinski definition) is 0. The monoisotopic (exact) mass is 118 g/mol. The first-order valence-corrected chi connectivity index (χ1v) is 1.48. The minimum atomic E-state index is 1.85. The van der Waals surface area contributed by atoms with Crippen LogP contribution in [-0.4, -0.2) is 0 Å². The molecule has 21 valence electrons. The predicted octanol–water partition coefficient (Wildman–Crippen LogP) is 0.583. The molecule has 0 aromatic rings. The molecule has 0 bridgehead atoms.